The summed E-state index contributed by atoms with van der Waals surface area (Å²) < 4.78 is 5.55. The Morgan fingerprint density at radius 3 is 2.76 bits per heavy atom. The van der Waals surface area contributed by atoms with E-state index >= 15 is 0 Å². The zero-order valence-electron chi connectivity index (χ0n) is 9.01. The van der Waals surface area contributed by atoms with E-state index in [1.165, 1.54) is 12.1 Å². The molecule has 0 radical (unpaired) electrons. The fourth-order valence-corrected chi connectivity index (χ4v) is 1.99. The summed E-state index contributed by atoms with van der Waals surface area (Å²) >= 11 is 0. The van der Waals surface area contributed by atoms with Gasteiger partial charge in [-0.1, -0.05) is 24.3 Å². The molecule has 3 nitrogen and oxygen atoms in total. The molecule has 0 saturated heterocycles. The van der Waals surface area contributed by atoms with Crippen LogP contribution in [0.2, 0.25) is 0 Å². The summed E-state index contributed by atoms with van der Waals surface area (Å²) in [7, 11) is 0. The number of carbonyl (C=O) groups is 1. The Hall–Kier alpha value is -2.29. The van der Waals surface area contributed by atoms with Crippen LogP contribution in [0.5, 0.6) is 11.5 Å². The van der Waals surface area contributed by atoms with E-state index in [1.807, 2.05) is 18.2 Å². The minimum Gasteiger partial charge on any atom is -0.508 e. The summed E-state index contributed by atoms with van der Waals surface area (Å²) in [5, 5.41) is 9.39. The van der Waals surface area contributed by atoms with Gasteiger partial charge in [0.2, 0.25) is 0 Å². The molecular formula is C14H10O3. The van der Waals surface area contributed by atoms with Crippen molar-refractivity contribution >= 4 is 5.78 Å². The zero-order chi connectivity index (χ0) is 11.8. The Morgan fingerprint density at radius 2 is 1.88 bits per heavy atom. The van der Waals surface area contributed by atoms with Crippen LogP contribution in [0.15, 0.2) is 42.5 Å². The molecule has 2 aromatic rings. The number of rotatable bonds is 0. The Bertz CT molecular complexity index is 602. The quantitative estimate of drug-likeness (QED) is 0.750. The van der Waals surface area contributed by atoms with E-state index in [0.717, 1.165) is 5.56 Å². The van der Waals surface area contributed by atoms with Gasteiger partial charge >= 0.3 is 0 Å². The molecule has 1 N–H and O–H groups in total. The minimum absolute atomic E-state index is 0.0619. The molecule has 1 aliphatic heterocycles. The third-order valence-electron chi connectivity index (χ3n) is 2.85. The summed E-state index contributed by atoms with van der Waals surface area (Å²) in [6.45, 7) is 0.346. The van der Waals surface area contributed by atoms with E-state index in [9.17, 15) is 9.90 Å². The molecule has 0 amide bonds. The van der Waals surface area contributed by atoms with Crippen LogP contribution >= 0.6 is 0 Å². The van der Waals surface area contributed by atoms with Gasteiger partial charge in [0, 0.05) is 17.2 Å². The smallest absolute Gasteiger partial charge is 0.197 e. The summed E-state index contributed by atoms with van der Waals surface area (Å²) in [6.07, 6.45) is 0. The number of hydrogen-bond acceptors (Lipinski definition) is 3. The van der Waals surface area contributed by atoms with E-state index in [0.29, 0.717) is 23.5 Å². The average molecular weight is 226 g/mol. The van der Waals surface area contributed by atoms with Gasteiger partial charge in [0.1, 0.15) is 18.1 Å². The van der Waals surface area contributed by atoms with Crippen LogP contribution in [0.25, 0.3) is 0 Å². The van der Waals surface area contributed by atoms with Crippen molar-refractivity contribution in [1.82, 2.24) is 0 Å². The first-order chi connectivity index (χ1) is 8.25. The fourth-order valence-electron chi connectivity index (χ4n) is 1.99. The topological polar surface area (TPSA) is 46.5 Å². The number of fused-ring (bicyclic) bond motifs is 2. The first kappa shape index (κ1) is 9.90. The number of ether oxygens (including phenoxy) is 1. The number of phenolic OH excluding ortho intramolecular Hbond substituents is 1. The number of carbonyl (C=O) groups excluding carboxylic acids is 1. The SMILES string of the molecule is O=C1c2ccccc2COc2cc(O)ccc21. The Balaban J connectivity index is 2.20. The van der Waals surface area contributed by atoms with Crippen molar-refractivity contribution in [1.29, 1.82) is 0 Å². The number of phenols is 1. The summed E-state index contributed by atoms with van der Waals surface area (Å²) in [4.78, 5) is 12.3. The molecular weight excluding hydrogens is 216 g/mol. The van der Waals surface area contributed by atoms with E-state index < -0.39 is 0 Å². The van der Waals surface area contributed by atoms with Crippen LogP contribution in [0.3, 0.4) is 0 Å². The molecule has 3 heteroatoms. The minimum atomic E-state index is -0.0619. The highest BCUT2D eigenvalue weighted by Crippen LogP contribution is 2.30. The van der Waals surface area contributed by atoms with Crippen molar-refractivity contribution in [2.45, 2.75) is 6.61 Å². The van der Waals surface area contributed by atoms with Crippen molar-refractivity contribution in [3.05, 3.63) is 59.2 Å². The average Bonchev–Trinajstić information content (AvgIpc) is 2.48. The molecule has 2 aromatic carbocycles. The Morgan fingerprint density at radius 1 is 1.06 bits per heavy atom. The highest BCUT2D eigenvalue weighted by atomic mass is 16.5. The van der Waals surface area contributed by atoms with Crippen LogP contribution in [-0.4, -0.2) is 10.9 Å². The second kappa shape index (κ2) is 3.63. The van der Waals surface area contributed by atoms with Crippen LogP contribution in [0.1, 0.15) is 21.5 Å². The molecule has 0 spiro atoms. The molecule has 0 bridgehead atoms. The van der Waals surface area contributed by atoms with E-state index in [4.69, 9.17) is 4.74 Å². The molecule has 0 aliphatic carbocycles. The fraction of sp³-hybridized carbons (Fsp3) is 0.0714. The Labute approximate surface area is 98.3 Å². The molecule has 1 aliphatic rings. The van der Waals surface area contributed by atoms with E-state index in [2.05, 4.69) is 0 Å². The number of hydrogen-bond donors (Lipinski definition) is 1. The third kappa shape index (κ3) is 1.56. The summed E-state index contributed by atoms with van der Waals surface area (Å²) in [5.74, 6) is 0.474. The molecule has 17 heavy (non-hydrogen) atoms. The third-order valence-corrected chi connectivity index (χ3v) is 2.85. The van der Waals surface area contributed by atoms with Gasteiger partial charge < -0.3 is 9.84 Å². The maximum atomic E-state index is 12.3. The molecule has 0 atom stereocenters. The van der Waals surface area contributed by atoms with Crippen molar-refractivity contribution in [3.8, 4) is 11.5 Å². The first-order valence-corrected chi connectivity index (χ1v) is 5.34. The normalized spacial score (nSPS) is 13.3. The second-order valence-corrected chi connectivity index (χ2v) is 3.96. The number of benzene rings is 2. The van der Waals surface area contributed by atoms with Gasteiger partial charge in [0.15, 0.2) is 5.78 Å². The van der Waals surface area contributed by atoms with E-state index in [-0.39, 0.29) is 11.5 Å². The highest BCUT2D eigenvalue weighted by Gasteiger charge is 2.21. The largest absolute Gasteiger partial charge is 0.508 e. The Kier molecular flexibility index (Phi) is 2.11. The monoisotopic (exact) mass is 226 g/mol. The van der Waals surface area contributed by atoms with Gasteiger partial charge in [-0.2, -0.15) is 0 Å². The lowest BCUT2D eigenvalue weighted by molar-refractivity contribution is 0.103. The van der Waals surface area contributed by atoms with Gasteiger partial charge in [0.25, 0.3) is 0 Å². The van der Waals surface area contributed by atoms with Gasteiger partial charge in [-0.15, -0.1) is 0 Å². The molecule has 0 unspecified atom stereocenters. The molecule has 84 valence electrons. The van der Waals surface area contributed by atoms with Gasteiger partial charge in [0.05, 0.1) is 5.56 Å². The highest BCUT2D eigenvalue weighted by molar-refractivity contribution is 6.12. The molecule has 1 heterocycles. The zero-order valence-corrected chi connectivity index (χ0v) is 9.01. The molecule has 0 aromatic heterocycles. The van der Waals surface area contributed by atoms with Crippen molar-refractivity contribution in [2.24, 2.45) is 0 Å². The lowest BCUT2D eigenvalue weighted by Gasteiger charge is -2.05. The van der Waals surface area contributed by atoms with Gasteiger partial charge in [-0.25, -0.2) is 0 Å². The van der Waals surface area contributed by atoms with Crippen LogP contribution in [0, 0.1) is 0 Å². The predicted octanol–water partition coefficient (Wildman–Crippen LogP) is 2.52. The van der Waals surface area contributed by atoms with E-state index in [1.54, 1.807) is 12.1 Å². The molecule has 3 rings (SSSR count). The number of ketones is 1. The van der Waals surface area contributed by atoms with Crippen molar-refractivity contribution in [3.63, 3.8) is 0 Å². The molecule has 0 fully saturated rings. The van der Waals surface area contributed by atoms with Gasteiger partial charge in [-0.05, 0) is 12.1 Å². The van der Waals surface area contributed by atoms with Crippen LogP contribution in [0.4, 0.5) is 0 Å². The standard InChI is InChI=1S/C14H10O3/c15-10-5-6-12-13(7-10)17-8-9-3-1-2-4-11(9)14(12)16/h1-7,15H,8H2. The van der Waals surface area contributed by atoms with Crippen molar-refractivity contribution in [2.75, 3.05) is 0 Å². The summed E-state index contributed by atoms with van der Waals surface area (Å²) in [5.41, 5.74) is 2.03. The van der Waals surface area contributed by atoms with Crippen molar-refractivity contribution < 1.29 is 14.6 Å². The van der Waals surface area contributed by atoms with Crippen LogP contribution < -0.4 is 4.74 Å². The van der Waals surface area contributed by atoms with Gasteiger partial charge in [-0.3, -0.25) is 4.79 Å². The molecule has 0 saturated carbocycles. The number of aromatic hydroxyl groups is 1. The predicted molar refractivity (Wildman–Crippen MR) is 62.3 cm³/mol. The van der Waals surface area contributed by atoms with Crippen LogP contribution in [-0.2, 0) is 6.61 Å². The lowest BCUT2D eigenvalue weighted by Crippen LogP contribution is -2.02. The maximum absolute atomic E-state index is 12.3. The maximum Gasteiger partial charge on any atom is 0.197 e. The second-order valence-electron chi connectivity index (χ2n) is 3.96. The first-order valence-electron chi connectivity index (χ1n) is 5.34. The lowest BCUT2D eigenvalue weighted by atomic mass is 9.99. The summed E-state index contributed by atoms with van der Waals surface area (Å²) in [6, 6.07) is 11.9.